The Morgan fingerprint density at radius 2 is 1.86 bits per heavy atom. The van der Waals surface area contributed by atoms with Crippen molar-refractivity contribution in [3.05, 3.63) is 22.3 Å². The number of carbonyl (C=O) groups excluding carboxylic acids is 1. The number of benzene rings is 1. The van der Waals surface area contributed by atoms with E-state index in [-0.39, 0.29) is 31.5 Å². The van der Waals surface area contributed by atoms with Gasteiger partial charge in [-0.2, -0.15) is 0 Å². The number of hydrogen-bond donors (Lipinski definition) is 2. The zero-order chi connectivity index (χ0) is 25.2. The van der Waals surface area contributed by atoms with Gasteiger partial charge in [0.1, 0.15) is 40.5 Å². The second-order valence-corrected chi connectivity index (χ2v) is 11.4. The quantitative estimate of drug-likeness (QED) is 0.617. The summed E-state index contributed by atoms with van der Waals surface area (Å²) in [5.74, 6) is -0.667. The predicted octanol–water partition coefficient (Wildman–Crippen LogP) is 2.39. The first-order chi connectivity index (χ1) is 16.4. The highest BCUT2D eigenvalue weighted by atomic mass is 16.9. The third-order valence-corrected chi connectivity index (χ3v) is 9.84. The maximum absolute atomic E-state index is 12.6. The van der Waals surface area contributed by atoms with Crippen molar-refractivity contribution in [2.24, 2.45) is 11.3 Å². The molecular weight excluding hydrogens is 456 g/mol. The van der Waals surface area contributed by atoms with E-state index in [0.717, 1.165) is 16.7 Å². The number of fused-ring (bicyclic) bond motifs is 5. The van der Waals surface area contributed by atoms with Crippen molar-refractivity contribution in [3.8, 4) is 11.5 Å². The lowest BCUT2D eigenvalue weighted by atomic mass is 9.45. The first-order valence-electron chi connectivity index (χ1n) is 12.3. The van der Waals surface area contributed by atoms with Crippen LogP contribution in [0.25, 0.3) is 0 Å². The third kappa shape index (κ3) is 2.49. The summed E-state index contributed by atoms with van der Waals surface area (Å²) in [7, 11) is 3.08. The summed E-state index contributed by atoms with van der Waals surface area (Å²) in [6, 6.07) is 0. The monoisotopic (exact) mass is 490 g/mol. The Morgan fingerprint density at radius 1 is 1.11 bits per heavy atom. The number of esters is 1. The van der Waals surface area contributed by atoms with Crippen molar-refractivity contribution in [1.29, 1.82) is 0 Å². The van der Waals surface area contributed by atoms with Gasteiger partial charge >= 0.3 is 5.97 Å². The van der Waals surface area contributed by atoms with Crippen LogP contribution in [0.15, 0.2) is 0 Å². The molecular formula is C26H34O9. The molecule has 1 aliphatic carbocycles. The Bertz CT molecular complexity index is 1130. The molecule has 2 N–H and O–H groups in total. The molecule has 0 amide bonds. The zero-order valence-electron chi connectivity index (χ0n) is 21.1. The first-order valence-corrected chi connectivity index (χ1v) is 12.3. The highest BCUT2D eigenvalue weighted by Crippen LogP contribution is 2.71. The van der Waals surface area contributed by atoms with Gasteiger partial charge in [-0.05, 0) is 39.2 Å². The van der Waals surface area contributed by atoms with Crippen LogP contribution >= 0.6 is 0 Å². The highest BCUT2D eigenvalue weighted by Gasteiger charge is 2.81. The van der Waals surface area contributed by atoms with Gasteiger partial charge in [-0.25, -0.2) is 4.79 Å². The summed E-state index contributed by atoms with van der Waals surface area (Å²) in [5.41, 5.74) is -0.872. The van der Waals surface area contributed by atoms with Crippen LogP contribution in [0, 0.1) is 18.3 Å². The van der Waals surface area contributed by atoms with E-state index < -0.39 is 34.3 Å². The number of ether oxygens (including phenoxy) is 6. The lowest BCUT2D eigenvalue weighted by molar-refractivity contribution is -0.392. The largest absolute Gasteiger partial charge is 0.495 e. The minimum atomic E-state index is -1.32. The van der Waals surface area contributed by atoms with E-state index in [9.17, 15) is 15.0 Å². The standard InChI is InChI=1S/C26H34O9/c1-13-15-11-32-21(29)18(15)20(30-5)14-9-16-22(2)7-8-25(31-6)34-24(4,12-27)26(22,35-25)17(28)10-23(16,3)33-19(13)14/h16-17,27-28H,7-12H2,1-6H3/t16-,17+,22-,23-,24+,25-,26-/m1/s1. The number of rotatable bonds is 3. The topological polar surface area (TPSA) is 113 Å². The molecule has 9 nitrogen and oxygen atoms in total. The lowest BCUT2D eigenvalue weighted by Gasteiger charge is -2.66. The Morgan fingerprint density at radius 3 is 2.51 bits per heavy atom. The van der Waals surface area contributed by atoms with Crippen LogP contribution in [0.5, 0.6) is 11.5 Å². The smallest absolute Gasteiger partial charge is 0.342 e. The highest BCUT2D eigenvalue weighted by molar-refractivity contribution is 5.98. The van der Waals surface area contributed by atoms with E-state index in [2.05, 4.69) is 6.92 Å². The Hall–Kier alpha value is -1.91. The molecule has 0 unspecified atom stereocenters. The summed E-state index contributed by atoms with van der Waals surface area (Å²) in [6.45, 7) is 7.70. The molecule has 3 fully saturated rings. The van der Waals surface area contributed by atoms with Crippen LogP contribution in [0.1, 0.15) is 67.1 Å². The van der Waals surface area contributed by atoms with Gasteiger partial charge in [-0.1, -0.05) is 6.92 Å². The van der Waals surface area contributed by atoms with Crippen molar-refractivity contribution < 1.29 is 43.4 Å². The van der Waals surface area contributed by atoms with Crippen molar-refractivity contribution in [2.45, 2.75) is 88.9 Å². The molecule has 9 heteroatoms. The summed E-state index contributed by atoms with van der Waals surface area (Å²) in [5, 5.41) is 22.3. The van der Waals surface area contributed by atoms with E-state index in [0.29, 0.717) is 36.3 Å². The molecule has 6 rings (SSSR count). The second kappa shape index (κ2) is 6.89. The van der Waals surface area contributed by atoms with Crippen LogP contribution in [0.4, 0.5) is 0 Å². The number of hydrogen-bond acceptors (Lipinski definition) is 9. The van der Waals surface area contributed by atoms with Crippen LogP contribution in [0.2, 0.25) is 0 Å². The van der Waals surface area contributed by atoms with Crippen molar-refractivity contribution in [2.75, 3.05) is 20.8 Å². The fraction of sp³-hybridized carbons (Fsp3) is 0.731. The number of aliphatic hydroxyl groups excluding tert-OH is 2. The van der Waals surface area contributed by atoms with Crippen LogP contribution < -0.4 is 9.47 Å². The lowest BCUT2D eigenvalue weighted by Crippen LogP contribution is -2.78. The SMILES string of the molecule is COc1c2c(c(C)c3c1C(=O)OC3)O[C@]1(C)C[C@H](O)[C@@]34O[C@@](OC)(CC[C@]3(C)[C@H]1C2)O[C@@]4(C)CO. The molecule has 4 heterocycles. The van der Waals surface area contributed by atoms with E-state index in [1.165, 1.54) is 7.11 Å². The average Bonchev–Trinajstić information content (AvgIpc) is 3.32. The normalized spacial score (nSPS) is 45.1. The molecule has 4 aliphatic heterocycles. The third-order valence-electron chi connectivity index (χ3n) is 9.84. The van der Waals surface area contributed by atoms with Crippen LogP contribution in [-0.4, -0.2) is 65.9 Å². The maximum atomic E-state index is 12.6. The van der Waals surface area contributed by atoms with Gasteiger partial charge in [0.2, 0.25) is 0 Å². The summed E-state index contributed by atoms with van der Waals surface area (Å²) in [6.07, 6.45) is 0.911. The average molecular weight is 491 g/mol. The first kappa shape index (κ1) is 23.5. The van der Waals surface area contributed by atoms with Gasteiger partial charge in [-0.15, -0.1) is 0 Å². The molecule has 35 heavy (non-hydrogen) atoms. The number of carbonyl (C=O) groups is 1. The van der Waals surface area contributed by atoms with E-state index in [1.807, 2.05) is 13.8 Å². The molecule has 7 atom stereocenters. The molecule has 192 valence electrons. The van der Waals surface area contributed by atoms with E-state index >= 15 is 0 Å². The molecule has 0 radical (unpaired) electrons. The molecule has 1 aromatic carbocycles. The minimum Gasteiger partial charge on any atom is -0.495 e. The second-order valence-electron chi connectivity index (χ2n) is 11.4. The maximum Gasteiger partial charge on any atom is 0.342 e. The summed E-state index contributed by atoms with van der Waals surface area (Å²) < 4.78 is 36.5. The zero-order valence-corrected chi connectivity index (χ0v) is 21.1. The van der Waals surface area contributed by atoms with Gasteiger partial charge in [0.25, 0.3) is 5.97 Å². The molecule has 2 bridgehead atoms. The Balaban J connectivity index is 1.56. The van der Waals surface area contributed by atoms with Crippen molar-refractivity contribution >= 4 is 5.97 Å². The van der Waals surface area contributed by atoms with Crippen LogP contribution in [0.3, 0.4) is 0 Å². The minimum absolute atomic E-state index is 0.142. The predicted molar refractivity (Wildman–Crippen MR) is 121 cm³/mol. The van der Waals surface area contributed by atoms with Crippen molar-refractivity contribution in [1.82, 2.24) is 0 Å². The van der Waals surface area contributed by atoms with E-state index in [4.69, 9.17) is 28.4 Å². The van der Waals surface area contributed by atoms with Gasteiger partial charge in [0.15, 0.2) is 0 Å². The van der Waals surface area contributed by atoms with Crippen LogP contribution in [-0.2, 0) is 32.0 Å². The number of aliphatic hydroxyl groups is 2. The van der Waals surface area contributed by atoms with Gasteiger partial charge in [0.05, 0.1) is 19.8 Å². The van der Waals surface area contributed by atoms with Crippen molar-refractivity contribution in [3.63, 3.8) is 0 Å². The van der Waals surface area contributed by atoms with Gasteiger partial charge in [0, 0.05) is 42.4 Å². The Kier molecular flexibility index (Phi) is 4.62. The molecule has 0 aromatic heterocycles. The summed E-state index contributed by atoms with van der Waals surface area (Å²) in [4.78, 5) is 12.6. The van der Waals surface area contributed by atoms with Gasteiger partial charge < -0.3 is 38.6 Å². The Labute approximate surface area is 204 Å². The summed E-state index contributed by atoms with van der Waals surface area (Å²) >= 11 is 0. The van der Waals surface area contributed by atoms with E-state index in [1.54, 1.807) is 14.0 Å². The molecule has 2 saturated heterocycles. The number of methoxy groups -OCH3 is 2. The fourth-order valence-corrected chi connectivity index (χ4v) is 8.22. The van der Waals surface area contributed by atoms with Gasteiger partial charge in [-0.3, -0.25) is 0 Å². The molecule has 1 aromatic rings. The molecule has 1 saturated carbocycles. The molecule has 1 spiro atoms. The number of cyclic esters (lactones) is 1. The fourth-order valence-electron chi connectivity index (χ4n) is 8.22. The molecule has 5 aliphatic rings.